The average molecular weight is 792 g/mol. The monoisotopic (exact) mass is 791 g/mol. The number of nitrogens with zero attached hydrogens (tertiary/aromatic N) is 3. The van der Waals surface area contributed by atoms with Crippen LogP contribution in [0.2, 0.25) is 0 Å². The molecule has 0 radical (unpaired) electrons. The van der Waals surface area contributed by atoms with E-state index in [2.05, 4.69) is 9.82 Å². The zero-order valence-electron chi connectivity index (χ0n) is 28.8. The number of aryl methyl sites for hydroxylation is 1. The molecule has 0 aliphatic carbocycles. The first kappa shape index (κ1) is 39.8. The molecule has 0 atom stereocenters. The van der Waals surface area contributed by atoms with Gasteiger partial charge in [-0.15, -0.1) is 5.10 Å². The Labute approximate surface area is 307 Å². The second-order valence-corrected chi connectivity index (χ2v) is 15.7. The van der Waals surface area contributed by atoms with Crippen molar-refractivity contribution in [2.75, 3.05) is 10.5 Å². The van der Waals surface area contributed by atoms with Crippen molar-refractivity contribution in [2.24, 2.45) is 0 Å². The van der Waals surface area contributed by atoms with Gasteiger partial charge in [0.05, 0.1) is 39.7 Å². The molecule has 0 aliphatic rings. The van der Waals surface area contributed by atoms with Crippen LogP contribution in [0.15, 0.2) is 94.6 Å². The minimum atomic E-state index is -4.96. The number of halogens is 5. The number of benzene rings is 4. The molecule has 4 aromatic carbocycles. The van der Waals surface area contributed by atoms with Gasteiger partial charge in [-0.2, -0.15) is 17.9 Å². The SMILES string of the molecule is CCCCc1nn(-c2cc(NS(=O)(=O)CCC)ccc2C(F)(F)F)c(=O)n1Cc1ccc(-c2ccccc2S(=O)(=O)NC(=O)c2ccccc2F)cc1F. The summed E-state index contributed by atoms with van der Waals surface area (Å²) in [6, 6.07) is 16.2. The van der Waals surface area contributed by atoms with E-state index in [0.29, 0.717) is 23.6 Å². The van der Waals surface area contributed by atoms with Gasteiger partial charge in [-0.1, -0.05) is 62.7 Å². The molecule has 0 aliphatic heterocycles. The van der Waals surface area contributed by atoms with Gasteiger partial charge < -0.3 is 0 Å². The zero-order valence-corrected chi connectivity index (χ0v) is 30.5. The van der Waals surface area contributed by atoms with Crippen LogP contribution in [0.1, 0.15) is 60.4 Å². The van der Waals surface area contributed by atoms with Crippen LogP contribution in [0.25, 0.3) is 16.8 Å². The largest absolute Gasteiger partial charge is 0.418 e. The lowest BCUT2D eigenvalue weighted by molar-refractivity contribution is -0.137. The molecule has 0 saturated carbocycles. The zero-order chi connectivity index (χ0) is 39.4. The maximum absolute atomic E-state index is 15.8. The standard InChI is InChI=1S/C36H34F5N5O6S2/c1-3-5-14-33-42-46(31-21-25(43-53(49,50)19-4-2)17-18-28(31)36(39,40)41)35(48)45(33)22-24-16-15-23(20-30(24)38)26-10-7-9-13-32(26)54(51,52)44-34(47)27-11-6-8-12-29(27)37/h6-13,15-18,20-21,43H,3-5,14,19,22H2,1-2H3,(H,44,47). The number of anilines is 1. The Morgan fingerprint density at radius 2 is 1.56 bits per heavy atom. The van der Waals surface area contributed by atoms with Crippen LogP contribution in [-0.2, 0) is 39.2 Å². The molecule has 11 nitrogen and oxygen atoms in total. The highest BCUT2D eigenvalue weighted by atomic mass is 32.2. The summed E-state index contributed by atoms with van der Waals surface area (Å²) in [6.45, 7) is 2.97. The molecule has 54 heavy (non-hydrogen) atoms. The summed E-state index contributed by atoms with van der Waals surface area (Å²) >= 11 is 0. The fraction of sp³-hybridized carbons (Fsp3) is 0.250. The summed E-state index contributed by atoms with van der Waals surface area (Å²) in [4.78, 5) is 26.0. The van der Waals surface area contributed by atoms with Crippen molar-refractivity contribution in [3.63, 3.8) is 0 Å². The van der Waals surface area contributed by atoms with Gasteiger partial charge in [-0.05, 0) is 60.9 Å². The van der Waals surface area contributed by atoms with E-state index in [1.54, 1.807) is 6.92 Å². The van der Waals surface area contributed by atoms with Gasteiger partial charge in [-0.3, -0.25) is 14.1 Å². The number of carbonyl (C=O) groups is 1. The second-order valence-electron chi connectivity index (χ2n) is 12.2. The van der Waals surface area contributed by atoms with E-state index in [1.807, 2.05) is 11.6 Å². The molecule has 0 unspecified atom stereocenters. The fourth-order valence-corrected chi connectivity index (χ4v) is 7.93. The molecule has 0 fully saturated rings. The number of unbranched alkanes of at least 4 members (excludes halogenated alkanes) is 1. The number of sulfonamides is 2. The maximum atomic E-state index is 15.8. The highest BCUT2D eigenvalue weighted by Crippen LogP contribution is 2.35. The van der Waals surface area contributed by atoms with Crippen LogP contribution in [0, 0.1) is 11.6 Å². The molecular formula is C36H34F5N5O6S2. The smallest absolute Gasteiger partial charge is 0.283 e. The van der Waals surface area contributed by atoms with Gasteiger partial charge in [0, 0.05) is 17.5 Å². The molecule has 2 N–H and O–H groups in total. The van der Waals surface area contributed by atoms with E-state index < -0.39 is 77.7 Å². The number of aromatic nitrogens is 3. The van der Waals surface area contributed by atoms with Crippen LogP contribution in [0.3, 0.4) is 0 Å². The van der Waals surface area contributed by atoms with E-state index in [-0.39, 0.29) is 46.8 Å². The van der Waals surface area contributed by atoms with Crippen molar-refractivity contribution in [3.05, 3.63) is 130 Å². The number of amides is 1. The van der Waals surface area contributed by atoms with Gasteiger partial charge >= 0.3 is 11.9 Å². The third kappa shape index (κ3) is 8.87. The van der Waals surface area contributed by atoms with Crippen molar-refractivity contribution >= 4 is 31.6 Å². The third-order valence-electron chi connectivity index (χ3n) is 8.19. The molecule has 0 saturated heterocycles. The minimum Gasteiger partial charge on any atom is -0.283 e. The fourth-order valence-electron chi connectivity index (χ4n) is 5.61. The van der Waals surface area contributed by atoms with Crippen LogP contribution >= 0.6 is 0 Å². The third-order valence-corrected chi connectivity index (χ3v) is 11.1. The second kappa shape index (κ2) is 15.9. The number of nitrogens with one attached hydrogen (secondary N) is 2. The van der Waals surface area contributed by atoms with Crippen LogP contribution in [0.5, 0.6) is 0 Å². The molecule has 0 spiro atoms. The Morgan fingerprint density at radius 1 is 0.852 bits per heavy atom. The Hall–Kier alpha value is -5.36. The number of hydrogen-bond acceptors (Lipinski definition) is 7. The van der Waals surface area contributed by atoms with Crippen molar-refractivity contribution in [3.8, 4) is 16.8 Å². The lowest BCUT2D eigenvalue weighted by atomic mass is 10.0. The highest BCUT2D eigenvalue weighted by Gasteiger charge is 2.36. The van der Waals surface area contributed by atoms with Gasteiger partial charge in [-0.25, -0.2) is 35.1 Å². The number of alkyl halides is 3. The highest BCUT2D eigenvalue weighted by molar-refractivity contribution is 7.92. The molecule has 5 aromatic rings. The first-order valence-electron chi connectivity index (χ1n) is 16.6. The topological polar surface area (TPSA) is 149 Å². The summed E-state index contributed by atoms with van der Waals surface area (Å²) in [5.74, 6) is -3.32. The number of hydrogen-bond donors (Lipinski definition) is 2. The Morgan fingerprint density at radius 3 is 2.22 bits per heavy atom. The van der Waals surface area contributed by atoms with Crippen molar-refractivity contribution in [1.82, 2.24) is 19.1 Å². The Bertz CT molecular complexity index is 2480. The quantitative estimate of drug-likeness (QED) is 0.120. The van der Waals surface area contributed by atoms with Gasteiger partial charge in [0.15, 0.2) is 0 Å². The van der Waals surface area contributed by atoms with Crippen LogP contribution in [0.4, 0.5) is 27.6 Å². The molecule has 0 bridgehead atoms. The molecule has 286 valence electrons. The number of carbonyl (C=O) groups excluding carboxylic acids is 1. The molecule has 1 aromatic heterocycles. The van der Waals surface area contributed by atoms with Gasteiger partial charge in [0.25, 0.3) is 15.9 Å². The average Bonchev–Trinajstić information content (AvgIpc) is 3.41. The van der Waals surface area contributed by atoms with Gasteiger partial charge in [0.1, 0.15) is 17.5 Å². The first-order chi connectivity index (χ1) is 25.5. The number of rotatable bonds is 14. The minimum absolute atomic E-state index is 0.0143. The first-order valence-corrected chi connectivity index (χ1v) is 19.7. The predicted octanol–water partition coefficient (Wildman–Crippen LogP) is 6.66. The van der Waals surface area contributed by atoms with E-state index >= 15 is 4.39 Å². The summed E-state index contributed by atoms with van der Waals surface area (Å²) in [5, 5.41) is 4.19. The van der Waals surface area contributed by atoms with Crippen LogP contribution in [-0.4, -0.2) is 42.8 Å². The van der Waals surface area contributed by atoms with E-state index in [1.165, 1.54) is 48.5 Å². The molecule has 18 heteroatoms. The molecule has 1 amide bonds. The normalized spacial score (nSPS) is 12.1. The Balaban J connectivity index is 1.52. The van der Waals surface area contributed by atoms with E-state index in [4.69, 9.17) is 0 Å². The van der Waals surface area contributed by atoms with E-state index in [0.717, 1.165) is 34.9 Å². The summed E-state index contributed by atoms with van der Waals surface area (Å²) < 4.78 is 130. The van der Waals surface area contributed by atoms with E-state index in [9.17, 15) is 44.0 Å². The van der Waals surface area contributed by atoms with Crippen LogP contribution < -0.4 is 15.1 Å². The Kier molecular flexibility index (Phi) is 11.8. The lowest BCUT2D eigenvalue weighted by Gasteiger charge is -2.15. The van der Waals surface area contributed by atoms with Crippen molar-refractivity contribution in [2.45, 2.75) is 57.1 Å². The van der Waals surface area contributed by atoms with Crippen molar-refractivity contribution < 1.29 is 43.6 Å². The maximum Gasteiger partial charge on any atom is 0.418 e. The summed E-state index contributed by atoms with van der Waals surface area (Å²) in [5.41, 5.74) is -3.83. The summed E-state index contributed by atoms with van der Waals surface area (Å²) in [6.07, 6.45) is -3.50. The summed E-state index contributed by atoms with van der Waals surface area (Å²) in [7, 11) is -8.52. The van der Waals surface area contributed by atoms with Gasteiger partial charge in [0.2, 0.25) is 10.0 Å². The lowest BCUT2D eigenvalue weighted by Crippen LogP contribution is -2.31. The molecule has 1 heterocycles. The molecular weight excluding hydrogens is 758 g/mol. The van der Waals surface area contributed by atoms with Crippen molar-refractivity contribution in [1.29, 1.82) is 0 Å². The molecule has 5 rings (SSSR count). The predicted molar refractivity (Wildman–Crippen MR) is 191 cm³/mol.